The van der Waals surface area contributed by atoms with Gasteiger partial charge in [-0.2, -0.15) is 13.2 Å². The molecule has 0 radical (unpaired) electrons. The van der Waals surface area contributed by atoms with Crippen molar-refractivity contribution in [3.8, 4) is 0 Å². The summed E-state index contributed by atoms with van der Waals surface area (Å²) >= 11 is 0. The molecule has 0 spiro atoms. The number of amides is 1. The van der Waals surface area contributed by atoms with Gasteiger partial charge in [-0.1, -0.05) is 6.92 Å². The maximum atomic E-state index is 11.8. The highest BCUT2D eigenvalue weighted by Gasteiger charge is 2.30. The van der Waals surface area contributed by atoms with Crippen LogP contribution in [0.25, 0.3) is 0 Å². The molecule has 0 aromatic carbocycles. The molecule has 3 unspecified atom stereocenters. The molecule has 3 atom stereocenters. The van der Waals surface area contributed by atoms with Crippen molar-refractivity contribution in [1.29, 1.82) is 0 Å². The Hall–Kier alpha value is -0.820. The quantitative estimate of drug-likeness (QED) is 0.802. The zero-order valence-electron chi connectivity index (χ0n) is 10.5. The summed E-state index contributed by atoms with van der Waals surface area (Å²) in [7, 11) is 0. The van der Waals surface area contributed by atoms with E-state index in [1.54, 1.807) is 0 Å². The van der Waals surface area contributed by atoms with Crippen LogP contribution in [-0.2, 0) is 9.53 Å². The van der Waals surface area contributed by atoms with Crippen LogP contribution in [-0.4, -0.2) is 43.9 Å². The lowest BCUT2D eigenvalue weighted by molar-refractivity contribution is -0.175. The minimum atomic E-state index is -4.40. The van der Waals surface area contributed by atoms with E-state index in [2.05, 4.69) is 15.4 Å². The molecule has 1 heterocycles. The van der Waals surface area contributed by atoms with E-state index in [0.29, 0.717) is 5.92 Å². The molecule has 1 aliphatic rings. The predicted molar refractivity (Wildman–Crippen MR) is 60.1 cm³/mol. The third kappa shape index (κ3) is 5.22. The molecule has 1 saturated heterocycles. The Kier molecular flexibility index (Phi) is 5.40. The normalized spacial score (nSPS) is 29.1. The van der Waals surface area contributed by atoms with E-state index in [9.17, 15) is 18.0 Å². The van der Waals surface area contributed by atoms with Gasteiger partial charge in [-0.25, -0.2) is 0 Å². The topological polar surface area (TPSA) is 50.4 Å². The van der Waals surface area contributed by atoms with Crippen LogP contribution in [0, 0.1) is 5.92 Å². The fraction of sp³-hybridized carbons (Fsp3) is 0.909. The molecule has 18 heavy (non-hydrogen) atoms. The van der Waals surface area contributed by atoms with Crippen molar-refractivity contribution < 1.29 is 22.7 Å². The van der Waals surface area contributed by atoms with Crippen LogP contribution in [0.5, 0.6) is 0 Å². The number of hydrogen-bond acceptors (Lipinski definition) is 3. The van der Waals surface area contributed by atoms with Gasteiger partial charge < -0.3 is 15.4 Å². The Balaban J connectivity index is 2.30. The molecule has 0 aromatic heterocycles. The highest BCUT2D eigenvalue weighted by atomic mass is 19.4. The lowest BCUT2D eigenvalue weighted by Gasteiger charge is -2.35. The minimum Gasteiger partial charge on any atom is -0.362 e. The second-order valence-corrected chi connectivity index (χ2v) is 4.71. The first-order valence-electron chi connectivity index (χ1n) is 5.97. The monoisotopic (exact) mass is 268 g/mol. The van der Waals surface area contributed by atoms with Gasteiger partial charge in [-0.15, -0.1) is 0 Å². The second kappa shape index (κ2) is 6.38. The molecule has 0 bridgehead atoms. The van der Waals surface area contributed by atoms with Gasteiger partial charge in [0.2, 0.25) is 5.91 Å². The summed E-state index contributed by atoms with van der Waals surface area (Å²) in [5, 5.41) is 5.92. The van der Waals surface area contributed by atoms with Crippen LogP contribution in [0.1, 0.15) is 20.3 Å². The van der Waals surface area contributed by atoms with E-state index < -0.39 is 25.3 Å². The van der Waals surface area contributed by atoms with Gasteiger partial charge in [-0.05, 0) is 25.8 Å². The van der Waals surface area contributed by atoms with Crippen molar-refractivity contribution in [2.75, 3.05) is 19.8 Å². The number of nitrogens with one attached hydrogen (secondary N) is 2. The highest BCUT2D eigenvalue weighted by molar-refractivity contribution is 5.77. The summed E-state index contributed by atoms with van der Waals surface area (Å²) in [6.07, 6.45) is -3.47. The fourth-order valence-electron chi connectivity index (χ4n) is 2.09. The molecule has 1 rings (SSSR count). The van der Waals surface area contributed by atoms with E-state index in [0.717, 1.165) is 13.0 Å². The smallest absolute Gasteiger partial charge is 0.362 e. The van der Waals surface area contributed by atoms with Crippen LogP contribution in [0.2, 0.25) is 0 Å². The molecule has 1 aliphatic heterocycles. The van der Waals surface area contributed by atoms with Crippen molar-refractivity contribution in [3.05, 3.63) is 0 Å². The molecule has 4 nitrogen and oxygen atoms in total. The summed E-state index contributed by atoms with van der Waals surface area (Å²) in [6.45, 7) is 2.89. The molecule has 1 amide bonds. The van der Waals surface area contributed by atoms with Crippen LogP contribution in [0.15, 0.2) is 0 Å². The molecule has 2 N–H and O–H groups in total. The van der Waals surface area contributed by atoms with E-state index >= 15 is 0 Å². The van der Waals surface area contributed by atoms with Gasteiger partial charge >= 0.3 is 6.18 Å². The van der Waals surface area contributed by atoms with Crippen molar-refractivity contribution in [2.45, 2.75) is 38.5 Å². The van der Waals surface area contributed by atoms with E-state index in [-0.39, 0.29) is 12.1 Å². The predicted octanol–water partition coefficient (Wildman–Crippen LogP) is 1.07. The average Bonchev–Trinajstić information content (AvgIpc) is 2.22. The van der Waals surface area contributed by atoms with Crippen molar-refractivity contribution in [1.82, 2.24) is 10.6 Å². The maximum absolute atomic E-state index is 11.8. The molecule has 0 aromatic rings. The molecule has 7 heteroatoms. The van der Waals surface area contributed by atoms with Gasteiger partial charge in [0.25, 0.3) is 0 Å². The first kappa shape index (κ1) is 15.2. The lowest BCUT2D eigenvalue weighted by atomic mass is 9.89. The Bertz CT molecular complexity index is 274. The Labute approximate surface area is 104 Å². The van der Waals surface area contributed by atoms with Gasteiger partial charge in [0.15, 0.2) is 0 Å². The Morgan fingerprint density at radius 3 is 2.67 bits per heavy atom. The minimum absolute atomic E-state index is 0.0688. The third-order valence-electron chi connectivity index (χ3n) is 3.04. The highest BCUT2D eigenvalue weighted by Crippen LogP contribution is 2.16. The van der Waals surface area contributed by atoms with Crippen LogP contribution in [0.3, 0.4) is 0 Å². The lowest BCUT2D eigenvalue weighted by Crippen LogP contribution is -2.56. The number of alkyl halides is 3. The van der Waals surface area contributed by atoms with Crippen molar-refractivity contribution in [3.63, 3.8) is 0 Å². The van der Waals surface area contributed by atoms with Crippen molar-refractivity contribution in [2.24, 2.45) is 5.92 Å². The first-order valence-corrected chi connectivity index (χ1v) is 5.97. The third-order valence-corrected chi connectivity index (χ3v) is 3.04. The number of carbonyl (C=O) groups excluding carboxylic acids is 1. The molecular formula is C11H19F3N2O2. The number of ether oxygens (including phenoxy) is 1. The zero-order valence-corrected chi connectivity index (χ0v) is 10.5. The number of piperidine rings is 1. The summed E-state index contributed by atoms with van der Waals surface area (Å²) < 4.78 is 39.8. The first-order chi connectivity index (χ1) is 8.29. The van der Waals surface area contributed by atoms with Crippen LogP contribution in [0.4, 0.5) is 13.2 Å². The zero-order chi connectivity index (χ0) is 13.8. The average molecular weight is 268 g/mol. The van der Waals surface area contributed by atoms with Gasteiger partial charge in [0, 0.05) is 12.1 Å². The summed E-state index contributed by atoms with van der Waals surface area (Å²) in [6, 6.07) is 0.0426. The number of hydrogen-bond donors (Lipinski definition) is 2. The standard InChI is InChI=1S/C11H19F3N2O2/c1-7-3-4-15-8(2)10(7)16-9(17)5-18-6-11(12,13)14/h7-8,10,15H,3-6H2,1-2H3,(H,16,17). The SMILES string of the molecule is CC1CCNC(C)C1NC(=O)COCC(F)(F)F. The maximum Gasteiger partial charge on any atom is 0.411 e. The van der Waals surface area contributed by atoms with E-state index in [1.807, 2.05) is 13.8 Å². The number of carbonyl (C=O) groups is 1. The van der Waals surface area contributed by atoms with Gasteiger partial charge in [0.05, 0.1) is 0 Å². The van der Waals surface area contributed by atoms with Crippen LogP contribution < -0.4 is 10.6 Å². The fourth-order valence-corrected chi connectivity index (χ4v) is 2.09. The summed E-state index contributed by atoms with van der Waals surface area (Å²) in [5.41, 5.74) is 0. The summed E-state index contributed by atoms with van der Waals surface area (Å²) in [5.74, 6) is -0.209. The molecule has 106 valence electrons. The molecule has 0 saturated carbocycles. The van der Waals surface area contributed by atoms with Crippen molar-refractivity contribution >= 4 is 5.91 Å². The molecule has 1 fully saturated rings. The van der Waals surface area contributed by atoms with E-state index in [4.69, 9.17) is 0 Å². The molecular weight excluding hydrogens is 249 g/mol. The Morgan fingerprint density at radius 2 is 2.11 bits per heavy atom. The summed E-state index contributed by atoms with van der Waals surface area (Å²) in [4.78, 5) is 11.5. The van der Waals surface area contributed by atoms with E-state index in [1.165, 1.54) is 0 Å². The van der Waals surface area contributed by atoms with Gasteiger partial charge in [0.1, 0.15) is 13.2 Å². The van der Waals surface area contributed by atoms with Gasteiger partial charge in [-0.3, -0.25) is 4.79 Å². The largest absolute Gasteiger partial charge is 0.411 e. The van der Waals surface area contributed by atoms with Crippen LogP contribution >= 0.6 is 0 Å². The second-order valence-electron chi connectivity index (χ2n) is 4.71. The molecule has 0 aliphatic carbocycles. The Morgan fingerprint density at radius 1 is 1.44 bits per heavy atom. The number of halogens is 3. The number of rotatable bonds is 4.